The Balaban J connectivity index is 2.17. The van der Waals surface area contributed by atoms with Crippen molar-refractivity contribution in [2.24, 2.45) is 0 Å². The molecule has 1 unspecified atom stereocenters. The van der Waals surface area contributed by atoms with Crippen molar-refractivity contribution in [3.63, 3.8) is 0 Å². The monoisotopic (exact) mass is 518 g/mol. The first-order valence-corrected chi connectivity index (χ1v) is 13.6. The molecule has 0 aromatic heterocycles. The number of halogens is 1. The zero-order valence-corrected chi connectivity index (χ0v) is 21.4. The molecular weight excluding hydrogens is 491 g/mol. The molecule has 2 aromatic rings. The van der Waals surface area contributed by atoms with Crippen molar-refractivity contribution < 1.29 is 27.1 Å². The van der Waals surface area contributed by atoms with Gasteiger partial charge in [-0.05, 0) is 37.8 Å². The van der Waals surface area contributed by atoms with Gasteiger partial charge in [0.05, 0.1) is 17.2 Å². The van der Waals surface area contributed by atoms with Gasteiger partial charge in [0.1, 0.15) is 16.9 Å². The molecule has 0 saturated carbocycles. The van der Waals surface area contributed by atoms with E-state index in [2.05, 4.69) is 10.7 Å². The predicted octanol–water partition coefficient (Wildman–Crippen LogP) is 4.72. The maximum Gasteiger partial charge on any atom is 0.370 e. The highest BCUT2D eigenvalue weighted by Gasteiger charge is 2.37. The summed E-state index contributed by atoms with van der Waals surface area (Å²) in [5, 5.41) is 0. The highest BCUT2D eigenvalue weighted by Crippen LogP contribution is 2.43. The first kappa shape index (κ1) is 26.6. The minimum Gasteiger partial charge on any atom is -0.461 e. The number of carbonyl (C=O) groups excluding carboxylic acids is 1. The third kappa shape index (κ3) is 5.81. The van der Waals surface area contributed by atoms with Crippen LogP contribution < -0.4 is 9.64 Å². The Morgan fingerprint density at radius 2 is 2.03 bits per heavy atom. The number of terminal acetylenes is 1. The summed E-state index contributed by atoms with van der Waals surface area (Å²) in [5.74, 6) is 0.301. The fourth-order valence-electron chi connectivity index (χ4n) is 3.71. The number of thioether (sulfide) groups is 1. The number of benzene rings is 2. The van der Waals surface area contributed by atoms with E-state index in [0.717, 1.165) is 5.69 Å². The number of nitrogens with zero attached hydrogens (tertiary/aromatic N) is 2. The van der Waals surface area contributed by atoms with E-state index in [4.69, 9.17) is 11.2 Å². The Morgan fingerprint density at radius 3 is 2.66 bits per heavy atom. The van der Waals surface area contributed by atoms with Crippen molar-refractivity contribution in [2.45, 2.75) is 35.6 Å². The SMILES string of the molecule is C#CCCC1CN(c2ccccc2)c2cc(SC)c(O/C=C(\F)C(=O)OCC)cc2S(=O)(=O)N1C. The Kier molecular flexibility index (Phi) is 8.83. The highest BCUT2D eigenvalue weighted by atomic mass is 32.2. The largest absolute Gasteiger partial charge is 0.461 e. The molecule has 10 heteroatoms. The molecule has 0 amide bonds. The Morgan fingerprint density at radius 1 is 1.31 bits per heavy atom. The maximum atomic E-state index is 14.1. The number of rotatable bonds is 8. The van der Waals surface area contributed by atoms with E-state index in [1.807, 2.05) is 35.2 Å². The van der Waals surface area contributed by atoms with E-state index in [0.29, 0.717) is 36.2 Å². The molecule has 2 aromatic carbocycles. The first-order valence-electron chi connectivity index (χ1n) is 10.9. The van der Waals surface area contributed by atoms with Crippen LogP contribution in [0.1, 0.15) is 19.8 Å². The van der Waals surface area contributed by atoms with Gasteiger partial charge >= 0.3 is 5.97 Å². The van der Waals surface area contributed by atoms with Gasteiger partial charge in [-0.1, -0.05) is 18.2 Å². The van der Waals surface area contributed by atoms with Crippen LogP contribution in [0.3, 0.4) is 0 Å². The molecule has 0 bridgehead atoms. The molecule has 35 heavy (non-hydrogen) atoms. The van der Waals surface area contributed by atoms with Gasteiger partial charge in [-0.3, -0.25) is 0 Å². The van der Waals surface area contributed by atoms with Gasteiger partial charge in [0.25, 0.3) is 0 Å². The van der Waals surface area contributed by atoms with Gasteiger partial charge in [-0.25, -0.2) is 13.2 Å². The number of hydrogen-bond donors (Lipinski definition) is 0. The van der Waals surface area contributed by atoms with Crippen LogP contribution in [0, 0.1) is 12.3 Å². The molecule has 0 spiro atoms. The van der Waals surface area contributed by atoms with Crippen LogP contribution in [0.4, 0.5) is 15.8 Å². The zero-order chi connectivity index (χ0) is 25.6. The number of likely N-dealkylation sites (N-methyl/N-ethyl adjacent to an activating group) is 1. The van der Waals surface area contributed by atoms with Crippen molar-refractivity contribution in [2.75, 3.05) is 31.4 Å². The zero-order valence-electron chi connectivity index (χ0n) is 19.7. The van der Waals surface area contributed by atoms with E-state index in [1.54, 1.807) is 19.2 Å². The molecule has 0 N–H and O–H groups in total. The van der Waals surface area contributed by atoms with Crippen molar-refractivity contribution in [3.05, 3.63) is 54.6 Å². The van der Waals surface area contributed by atoms with Gasteiger partial charge in [-0.2, -0.15) is 8.70 Å². The lowest BCUT2D eigenvalue weighted by Crippen LogP contribution is -2.40. The average Bonchev–Trinajstić information content (AvgIpc) is 2.94. The second-order valence-electron chi connectivity index (χ2n) is 7.64. The van der Waals surface area contributed by atoms with E-state index in [-0.39, 0.29) is 23.3 Å². The molecule has 0 saturated heterocycles. The summed E-state index contributed by atoms with van der Waals surface area (Å²) in [6.07, 6.45) is 8.78. The Bertz CT molecular complexity index is 1240. The van der Waals surface area contributed by atoms with Crippen LogP contribution in [-0.4, -0.2) is 51.2 Å². The third-order valence-corrected chi connectivity index (χ3v) is 8.25. The van der Waals surface area contributed by atoms with Crippen molar-refractivity contribution in [3.8, 4) is 18.1 Å². The third-order valence-electron chi connectivity index (χ3n) is 5.55. The Labute approximate surface area is 209 Å². The number of sulfonamides is 1. The Hall–Kier alpha value is -3.00. The molecule has 1 heterocycles. The lowest BCUT2D eigenvalue weighted by atomic mass is 10.1. The normalized spacial score (nSPS) is 17.7. The first-order chi connectivity index (χ1) is 16.7. The van der Waals surface area contributed by atoms with Crippen LogP contribution in [0.25, 0.3) is 0 Å². The minimum absolute atomic E-state index is 0.00445. The highest BCUT2D eigenvalue weighted by molar-refractivity contribution is 7.98. The van der Waals surface area contributed by atoms with E-state index >= 15 is 0 Å². The average molecular weight is 519 g/mol. The molecule has 0 aliphatic carbocycles. The summed E-state index contributed by atoms with van der Waals surface area (Å²) in [6, 6.07) is 12.1. The number of anilines is 2. The van der Waals surface area contributed by atoms with Crippen LogP contribution in [0.2, 0.25) is 0 Å². The lowest BCUT2D eigenvalue weighted by Gasteiger charge is -2.29. The summed E-state index contributed by atoms with van der Waals surface area (Å²) < 4.78 is 52.8. The van der Waals surface area contributed by atoms with Gasteiger partial charge in [-0.15, -0.1) is 24.1 Å². The summed E-state index contributed by atoms with van der Waals surface area (Å²) in [7, 11) is -2.44. The molecular formula is C25H27FN2O5S2. The van der Waals surface area contributed by atoms with E-state index < -0.39 is 21.8 Å². The van der Waals surface area contributed by atoms with E-state index in [9.17, 15) is 17.6 Å². The standard InChI is InChI=1S/C25H27FN2O5S2/c1-5-7-11-19-16-28(18-12-9-8-10-13-18)21-14-23(34-4)22(15-24(21)35(30,31)27(19)3)33-17-20(26)25(29)32-6-2/h1,8-10,12-15,17,19H,6-7,11,16H2,2-4H3/b20-17-. The summed E-state index contributed by atoms with van der Waals surface area (Å²) in [6.45, 7) is 1.95. The molecule has 1 atom stereocenters. The quantitative estimate of drug-likeness (QED) is 0.165. The van der Waals surface area contributed by atoms with Crippen LogP contribution in [-0.2, 0) is 19.6 Å². The van der Waals surface area contributed by atoms with Crippen molar-refractivity contribution in [1.82, 2.24) is 4.31 Å². The molecule has 186 valence electrons. The lowest BCUT2D eigenvalue weighted by molar-refractivity contribution is -0.140. The predicted molar refractivity (Wildman–Crippen MR) is 135 cm³/mol. The van der Waals surface area contributed by atoms with Crippen molar-refractivity contribution in [1.29, 1.82) is 0 Å². The molecule has 0 fully saturated rings. The molecule has 0 radical (unpaired) electrons. The summed E-state index contributed by atoms with van der Waals surface area (Å²) in [5.41, 5.74) is 1.29. The topological polar surface area (TPSA) is 76.1 Å². The minimum atomic E-state index is -3.96. The number of hydrogen-bond acceptors (Lipinski definition) is 7. The summed E-state index contributed by atoms with van der Waals surface area (Å²) >= 11 is 1.30. The number of ether oxygens (including phenoxy) is 2. The fraction of sp³-hybridized carbons (Fsp3) is 0.320. The molecule has 1 aliphatic rings. The summed E-state index contributed by atoms with van der Waals surface area (Å²) in [4.78, 5) is 14.1. The van der Waals surface area contributed by atoms with Gasteiger partial charge < -0.3 is 14.4 Å². The van der Waals surface area contributed by atoms with E-state index in [1.165, 1.54) is 29.2 Å². The van der Waals surface area contributed by atoms with Gasteiger partial charge in [0.15, 0.2) is 0 Å². The number of carbonyl (C=O) groups is 1. The molecule has 7 nitrogen and oxygen atoms in total. The molecule has 1 aliphatic heterocycles. The van der Waals surface area contributed by atoms with Gasteiger partial charge in [0, 0.05) is 37.8 Å². The van der Waals surface area contributed by atoms with Crippen LogP contribution in [0.5, 0.6) is 5.75 Å². The number of esters is 1. The van der Waals surface area contributed by atoms with Gasteiger partial charge in [0.2, 0.25) is 15.9 Å². The second kappa shape index (κ2) is 11.6. The van der Waals surface area contributed by atoms with Crippen molar-refractivity contribution >= 4 is 39.1 Å². The smallest absolute Gasteiger partial charge is 0.370 e. The second-order valence-corrected chi connectivity index (χ2v) is 10.5. The fourth-order valence-corrected chi connectivity index (χ4v) is 5.82. The number of para-hydroxylation sites is 1. The van der Waals surface area contributed by atoms with Crippen LogP contribution >= 0.6 is 11.8 Å². The van der Waals surface area contributed by atoms with Crippen LogP contribution in [0.15, 0.2) is 64.3 Å². The number of fused-ring (bicyclic) bond motifs is 1. The molecule has 3 rings (SSSR count). The maximum absolute atomic E-state index is 14.1.